The minimum Gasteiger partial charge on any atom is -0.436 e. The molecule has 0 bridgehead atoms. The molecule has 7 nitrogen and oxygen atoms in total. The Balaban J connectivity index is 2.08. The molecule has 0 aliphatic heterocycles. The van der Waals surface area contributed by atoms with Crippen LogP contribution in [0.3, 0.4) is 0 Å². The number of nitrogens with two attached hydrogens (primary N) is 1. The number of oxazole rings is 1. The predicted octanol–water partition coefficient (Wildman–Crippen LogP) is 1.77. The Morgan fingerprint density at radius 1 is 1.32 bits per heavy atom. The monoisotopic (exact) mass is 266 g/mol. The van der Waals surface area contributed by atoms with Crippen LogP contribution in [0.5, 0.6) is 0 Å². The highest BCUT2D eigenvalue weighted by Crippen LogP contribution is 2.23. The van der Waals surface area contributed by atoms with Crippen molar-refractivity contribution >= 4 is 0 Å². The Morgan fingerprint density at radius 2 is 2.11 bits per heavy atom. The molecule has 0 radical (unpaired) electrons. The first-order valence-corrected chi connectivity index (χ1v) is 6.23. The summed E-state index contributed by atoms with van der Waals surface area (Å²) in [6, 6.07) is -0.409. The van der Waals surface area contributed by atoms with E-state index in [-0.39, 0.29) is 0 Å². The Morgan fingerprint density at radius 3 is 2.74 bits per heavy atom. The number of ether oxygens (including phenoxy) is 1. The summed E-state index contributed by atoms with van der Waals surface area (Å²) in [5, 5.41) is 3.84. The van der Waals surface area contributed by atoms with E-state index < -0.39 is 6.04 Å². The molecule has 1 atom stereocenters. The Labute approximate surface area is 111 Å². The maximum atomic E-state index is 5.91. The van der Waals surface area contributed by atoms with Crippen molar-refractivity contribution in [1.82, 2.24) is 15.1 Å². The van der Waals surface area contributed by atoms with Gasteiger partial charge in [0.2, 0.25) is 5.76 Å². The summed E-state index contributed by atoms with van der Waals surface area (Å²) in [4.78, 5) is 8.37. The van der Waals surface area contributed by atoms with Gasteiger partial charge >= 0.3 is 0 Å². The molecule has 1 unspecified atom stereocenters. The lowest BCUT2D eigenvalue weighted by atomic mass is 10.3. The van der Waals surface area contributed by atoms with Crippen LogP contribution in [0.1, 0.15) is 36.8 Å². The molecule has 0 amide bonds. The molecule has 2 heterocycles. The number of hydrogen-bond acceptors (Lipinski definition) is 7. The molecule has 19 heavy (non-hydrogen) atoms. The average molecular weight is 266 g/mol. The number of aryl methyl sites for hydroxylation is 2. The van der Waals surface area contributed by atoms with Crippen LogP contribution in [0.25, 0.3) is 11.7 Å². The SMILES string of the molecule is CCCOCC(N)c1noc(-c2oc(C)nc2C)n1. The van der Waals surface area contributed by atoms with Crippen LogP contribution in [0.4, 0.5) is 0 Å². The fourth-order valence-electron chi connectivity index (χ4n) is 1.64. The molecule has 2 aromatic heterocycles. The van der Waals surface area contributed by atoms with Gasteiger partial charge in [-0.25, -0.2) is 4.98 Å². The second kappa shape index (κ2) is 5.94. The van der Waals surface area contributed by atoms with Gasteiger partial charge in [-0.15, -0.1) is 0 Å². The molecule has 2 rings (SSSR count). The van der Waals surface area contributed by atoms with Gasteiger partial charge in [-0.2, -0.15) is 4.98 Å². The maximum Gasteiger partial charge on any atom is 0.295 e. The summed E-state index contributed by atoms with van der Waals surface area (Å²) in [5.41, 5.74) is 6.63. The molecule has 0 spiro atoms. The van der Waals surface area contributed by atoms with Crippen LogP contribution in [0.15, 0.2) is 8.94 Å². The molecule has 0 aliphatic carbocycles. The summed E-state index contributed by atoms with van der Waals surface area (Å²) < 4.78 is 15.9. The van der Waals surface area contributed by atoms with Gasteiger partial charge in [0.1, 0.15) is 0 Å². The van der Waals surface area contributed by atoms with E-state index in [1.54, 1.807) is 6.92 Å². The third kappa shape index (κ3) is 3.18. The highest BCUT2D eigenvalue weighted by molar-refractivity contribution is 5.47. The van der Waals surface area contributed by atoms with Crippen molar-refractivity contribution in [3.05, 3.63) is 17.4 Å². The Kier molecular flexibility index (Phi) is 4.28. The highest BCUT2D eigenvalue weighted by Gasteiger charge is 2.20. The van der Waals surface area contributed by atoms with E-state index >= 15 is 0 Å². The van der Waals surface area contributed by atoms with E-state index in [0.717, 1.165) is 6.42 Å². The van der Waals surface area contributed by atoms with Crippen molar-refractivity contribution in [3.63, 3.8) is 0 Å². The summed E-state index contributed by atoms with van der Waals surface area (Å²) in [7, 11) is 0. The molecule has 0 aliphatic rings. The highest BCUT2D eigenvalue weighted by atomic mass is 16.5. The van der Waals surface area contributed by atoms with E-state index in [4.69, 9.17) is 19.4 Å². The molecular formula is C12H18N4O3. The average Bonchev–Trinajstić information content (AvgIpc) is 2.96. The number of nitrogens with zero attached hydrogens (tertiary/aromatic N) is 3. The van der Waals surface area contributed by atoms with E-state index in [0.29, 0.717) is 42.3 Å². The quantitative estimate of drug-likeness (QED) is 0.795. The van der Waals surface area contributed by atoms with Gasteiger partial charge in [0.15, 0.2) is 11.7 Å². The van der Waals surface area contributed by atoms with Gasteiger partial charge in [0.25, 0.3) is 5.89 Å². The van der Waals surface area contributed by atoms with Crippen molar-refractivity contribution in [2.45, 2.75) is 33.2 Å². The van der Waals surface area contributed by atoms with E-state index in [2.05, 4.69) is 15.1 Å². The summed E-state index contributed by atoms with van der Waals surface area (Å²) in [6.45, 7) is 6.64. The normalized spacial score (nSPS) is 12.8. The van der Waals surface area contributed by atoms with E-state index in [1.807, 2.05) is 13.8 Å². The lowest BCUT2D eigenvalue weighted by molar-refractivity contribution is 0.119. The van der Waals surface area contributed by atoms with Crippen molar-refractivity contribution in [3.8, 4) is 11.7 Å². The number of aromatic nitrogens is 3. The van der Waals surface area contributed by atoms with Crippen molar-refractivity contribution in [1.29, 1.82) is 0 Å². The fraction of sp³-hybridized carbons (Fsp3) is 0.583. The zero-order valence-corrected chi connectivity index (χ0v) is 11.3. The molecule has 104 valence electrons. The standard InChI is InChI=1S/C12H18N4O3/c1-4-5-17-6-9(13)11-15-12(19-16-11)10-7(2)14-8(3)18-10/h9H,4-6,13H2,1-3H3. The van der Waals surface area contributed by atoms with Gasteiger partial charge in [0, 0.05) is 13.5 Å². The summed E-state index contributed by atoms with van der Waals surface area (Å²) >= 11 is 0. The molecule has 0 saturated carbocycles. The maximum absolute atomic E-state index is 5.91. The molecule has 0 fully saturated rings. The van der Waals surface area contributed by atoms with Crippen molar-refractivity contribution < 1.29 is 13.7 Å². The third-order valence-electron chi connectivity index (χ3n) is 2.52. The minimum absolute atomic E-state index is 0.291. The van der Waals surface area contributed by atoms with Crippen LogP contribution in [0.2, 0.25) is 0 Å². The Hall–Kier alpha value is -1.73. The summed E-state index contributed by atoms with van der Waals surface area (Å²) in [5.74, 6) is 1.74. The smallest absolute Gasteiger partial charge is 0.295 e. The van der Waals surface area contributed by atoms with Gasteiger partial charge in [-0.05, 0) is 13.3 Å². The molecule has 7 heteroatoms. The van der Waals surface area contributed by atoms with Crippen LogP contribution in [-0.4, -0.2) is 28.3 Å². The van der Waals surface area contributed by atoms with Gasteiger partial charge < -0.3 is 19.4 Å². The lowest BCUT2D eigenvalue weighted by Gasteiger charge is -2.06. The second-order valence-electron chi connectivity index (χ2n) is 4.29. The second-order valence-corrected chi connectivity index (χ2v) is 4.29. The minimum atomic E-state index is -0.409. The summed E-state index contributed by atoms with van der Waals surface area (Å²) in [6.07, 6.45) is 0.945. The number of rotatable bonds is 6. The van der Waals surface area contributed by atoms with Gasteiger partial charge in [-0.1, -0.05) is 12.1 Å². The van der Waals surface area contributed by atoms with Crippen LogP contribution in [0, 0.1) is 13.8 Å². The molecular weight excluding hydrogens is 248 g/mol. The van der Waals surface area contributed by atoms with Gasteiger partial charge in [-0.3, -0.25) is 0 Å². The molecule has 0 aromatic carbocycles. The molecule has 2 N–H and O–H groups in total. The van der Waals surface area contributed by atoms with E-state index in [1.165, 1.54) is 0 Å². The first-order chi connectivity index (χ1) is 9.11. The predicted molar refractivity (Wildman–Crippen MR) is 67.3 cm³/mol. The van der Waals surface area contributed by atoms with E-state index in [9.17, 15) is 0 Å². The van der Waals surface area contributed by atoms with Crippen LogP contribution >= 0.6 is 0 Å². The van der Waals surface area contributed by atoms with Crippen molar-refractivity contribution in [2.75, 3.05) is 13.2 Å². The first-order valence-electron chi connectivity index (χ1n) is 6.23. The molecule has 2 aromatic rings. The fourth-order valence-corrected chi connectivity index (χ4v) is 1.64. The largest absolute Gasteiger partial charge is 0.436 e. The zero-order chi connectivity index (χ0) is 13.8. The van der Waals surface area contributed by atoms with Gasteiger partial charge in [0.05, 0.1) is 18.3 Å². The van der Waals surface area contributed by atoms with Crippen LogP contribution in [-0.2, 0) is 4.74 Å². The third-order valence-corrected chi connectivity index (χ3v) is 2.52. The Bertz CT molecular complexity index is 535. The first kappa shape index (κ1) is 13.7. The topological polar surface area (TPSA) is 100 Å². The lowest BCUT2D eigenvalue weighted by Crippen LogP contribution is -2.18. The number of hydrogen-bond donors (Lipinski definition) is 1. The zero-order valence-electron chi connectivity index (χ0n) is 11.3. The van der Waals surface area contributed by atoms with Crippen molar-refractivity contribution in [2.24, 2.45) is 5.73 Å². The van der Waals surface area contributed by atoms with Crippen LogP contribution < -0.4 is 5.73 Å². The molecule has 0 saturated heterocycles.